The number of likely N-dealkylation sites (tertiary alicyclic amines) is 1. The summed E-state index contributed by atoms with van der Waals surface area (Å²) in [6, 6.07) is 4.52. The summed E-state index contributed by atoms with van der Waals surface area (Å²) in [4.78, 5) is 42.2. The van der Waals surface area contributed by atoms with Gasteiger partial charge in [0.05, 0.1) is 34.5 Å². The highest BCUT2D eigenvalue weighted by atomic mass is 19.4. The van der Waals surface area contributed by atoms with Crippen molar-refractivity contribution < 1.29 is 40.7 Å². The fraction of sp³-hybridized carbons (Fsp3) is 0.318. The number of urea groups is 1. The summed E-state index contributed by atoms with van der Waals surface area (Å²) in [5.41, 5.74) is -2.99. The summed E-state index contributed by atoms with van der Waals surface area (Å²) in [6.45, 7) is -0.0817. The molecule has 3 fully saturated rings. The fourth-order valence-corrected chi connectivity index (χ4v) is 5.02. The van der Waals surface area contributed by atoms with Crippen LogP contribution in [0, 0.1) is 0 Å². The van der Waals surface area contributed by atoms with Gasteiger partial charge in [-0.2, -0.15) is 26.3 Å². The molecule has 2 aromatic carbocycles. The Morgan fingerprint density at radius 2 is 1.62 bits per heavy atom. The Labute approximate surface area is 188 Å². The minimum Gasteiger partial charge on any atom is -0.331 e. The van der Waals surface area contributed by atoms with Crippen LogP contribution in [-0.2, 0) is 17.1 Å². The minimum atomic E-state index is -4.77. The molecular weight excluding hydrogens is 468 g/mol. The number of nitrogens with zero attached hydrogens (tertiary/aromatic N) is 3. The monoisotopic (exact) mass is 483 g/mol. The number of anilines is 1. The van der Waals surface area contributed by atoms with Gasteiger partial charge in [0.25, 0.3) is 11.8 Å². The molecule has 12 heteroatoms. The average molecular weight is 483 g/mol. The zero-order valence-corrected chi connectivity index (χ0v) is 17.1. The van der Waals surface area contributed by atoms with Crippen molar-refractivity contribution in [2.24, 2.45) is 0 Å². The normalized spacial score (nSPS) is 24.3. The molecule has 3 heterocycles. The first-order valence-electron chi connectivity index (χ1n) is 10.2. The highest BCUT2D eigenvalue weighted by molar-refractivity contribution is 6.22. The number of rotatable bonds is 2. The van der Waals surface area contributed by atoms with Gasteiger partial charge in [-0.05, 0) is 36.8 Å². The first-order valence-corrected chi connectivity index (χ1v) is 10.2. The summed E-state index contributed by atoms with van der Waals surface area (Å²) in [7, 11) is 0. The summed E-state index contributed by atoms with van der Waals surface area (Å²) >= 11 is 0. The molecule has 3 aliphatic rings. The van der Waals surface area contributed by atoms with Crippen LogP contribution in [0.15, 0.2) is 48.5 Å². The number of carbonyl (C=O) groups excluding carboxylic acids is 3. The highest BCUT2D eigenvalue weighted by Crippen LogP contribution is 2.44. The summed E-state index contributed by atoms with van der Waals surface area (Å²) in [5, 5.41) is 0. The van der Waals surface area contributed by atoms with E-state index in [2.05, 4.69) is 0 Å². The molecule has 2 aromatic rings. The van der Waals surface area contributed by atoms with Crippen LogP contribution in [0.3, 0.4) is 0 Å². The first kappa shape index (κ1) is 22.2. The SMILES string of the molecule is O=C1[C@@H]2[C@@H]3C[C@@H](CN3C(=O)c3ccccc3C(F)(F)F)N2C(=O)N1c1cccc(C(F)(F)F)c1. The smallest absolute Gasteiger partial charge is 0.331 e. The number of imide groups is 1. The third kappa shape index (κ3) is 3.23. The Bertz CT molecular complexity index is 1210. The van der Waals surface area contributed by atoms with Gasteiger partial charge < -0.3 is 9.80 Å². The van der Waals surface area contributed by atoms with E-state index < -0.39 is 65.0 Å². The second-order valence-corrected chi connectivity index (χ2v) is 8.31. The maximum absolute atomic E-state index is 13.4. The largest absolute Gasteiger partial charge is 0.417 e. The maximum Gasteiger partial charge on any atom is 0.417 e. The Balaban J connectivity index is 1.46. The highest BCUT2D eigenvalue weighted by Gasteiger charge is 2.63. The zero-order valence-electron chi connectivity index (χ0n) is 17.1. The van der Waals surface area contributed by atoms with E-state index in [0.717, 1.165) is 35.2 Å². The van der Waals surface area contributed by atoms with E-state index in [0.29, 0.717) is 11.0 Å². The minimum absolute atomic E-state index is 0.0817. The van der Waals surface area contributed by atoms with Crippen molar-refractivity contribution in [2.45, 2.75) is 36.9 Å². The molecule has 0 unspecified atom stereocenters. The number of amides is 4. The van der Waals surface area contributed by atoms with Crippen LogP contribution in [0.2, 0.25) is 0 Å². The van der Waals surface area contributed by atoms with Gasteiger partial charge in [0, 0.05) is 6.54 Å². The van der Waals surface area contributed by atoms with Crippen LogP contribution in [0.25, 0.3) is 0 Å². The van der Waals surface area contributed by atoms with Gasteiger partial charge in [0.15, 0.2) is 0 Å². The van der Waals surface area contributed by atoms with E-state index in [4.69, 9.17) is 0 Å². The van der Waals surface area contributed by atoms with Crippen molar-refractivity contribution in [1.82, 2.24) is 9.80 Å². The Morgan fingerprint density at radius 1 is 0.912 bits per heavy atom. The molecule has 4 amide bonds. The number of halogens is 6. The number of benzene rings is 2. The molecule has 34 heavy (non-hydrogen) atoms. The number of hydrogen-bond donors (Lipinski definition) is 0. The molecule has 2 bridgehead atoms. The lowest BCUT2D eigenvalue weighted by Crippen LogP contribution is -2.55. The number of hydrogen-bond acceptors (Lipinski definition) is 3. The second kappa shape index (κ2) is 7.21. The van der Waals surface area contributed by atoms with E-state index in [9.17, 15) is 40.7 Å². The van der Waals surface area contributed by atoms with Gasteiger partial charge in [-0.3, -0.25) is 9.59 Å². The lowest BCUT2D eigenvalue weighted by atomic mass is 10.0. The van der Waals surface area contributed by atoms with Gasteiger partial charge >= 0.3 is 18.4 Å². The van der Waals surface area contributed by atoms with Gasteiger partial charge in [-0.1, -0.05) is 18.2 Å². The van der Waals surface area contributed by atoms with E-state index >= 15 is 0 Å². The molecule has 0 N–H and O–H groups in total. The van der Waals surface area contributed by atoms with E-state index in [1.54, 1.807) is 0 Å². The molecule has 0 aliphatic carbocycles. The Kier molecular flexibility index (Phi) is 4.72. The number of alkyl halides is 6. The van der Waals surface area contributed by atoms with Crippen molar-refractivity contribution >= 4 is 23.5 Å². The first-order chi connectivity index (χ1) is 15.9. The maximum atomic E-state index is 13.4. The molecule has 0 aromatic heterocycles. The molecule has 3 aliphatic heterocycles. The van der Waals surface area contributed by atoms with Gasteiger partial charge in [-0.15, -0.1) is 0 Å². The van der Waals surface area contributed by atoms with Crippen LogP contribution in [-0.4, -0.2) is 52.3 Å². The predicted molar refractivity (Wildman–Crippen MR) is 105 cm³/mol. The van der Waals surface area contributed by atoms with Crippen molar-refractivity contribution in [3.05, 3.63) is 65.2 Å². The zero-order chi connectivity index (χ0) is 24.6. The quantitative estimate of drug-likeness (QED) is 0.476. The van der Waals surface area contributed by atoms with Gasteiger partial charge in [0.2, 0.25) is 0 Å². The number of carbonyl (C=O) groups is 3. The summed E-state index contributed by atoms with van der Waals surface area (Å²) in [5.74, 6) is -1.74. The standard InChI is InChI=1S/C22H15F6N3O3/c23-21(24,25)11-4-3-5-12(8-11)31-19(33)17-16-9-13(30(17)20(31)34)10-29(16)18(32)14-6-1-2-7-15(14)22(26,27)28/h1-8,13,16-17H,9-10H2/t13-,16-,17-/m0/s1. The molecule has 0 radical (unpaired) electrons. The third-order valence-corrected chi connectivity index (χ3v) is 6.42. The number of fused-ring (bicyclic) bond motifs is 5. The average Bonchev–Trinajstić information content (AvgIpc) is 3.43. The molecule has 3 atom stereocenters. The van der Waals surface area contributed by atoms with Crippen LogP contribution in [0.1, 0.15) is 27.9 Å². The van der Waals surface area contributed by atoms with E-state index in [1.165, 1.54) is 17.0 Å². The van der Waals surface area contributed by atoms with E-state index in [1.807, 2.05) is 0 Å². The molecular formula is C22H15F6N3O3. The molecule has 0 spiro atoms. The predicted octanol–water partition coefficient (Wildman–Crippen LogP) is 4.16. The molecule has 0 saturated carbocycles. The second-order valence-electron chi connectivity index (χ2n) is 8.31. The molecule has 6 nitrogen and oxygen atoms in total. The molecule has 5 rings (SSSR count). The van der Waals surface area contributed by atoms with E-state index in [-0.39, 0.29) is 18.7 Å². The molecule has 3 saturated heterocycles. The Hall–Kier alpha value is -3.57. The lowest BCUT2D eigenvalue weighted by molar-refractivity contribution is -0.138. The van der Waals surface area contributed by atoms with Crippen LogP contribution >= 0.6 is 0 Å². The van der Waals surface area contributed by atoms with Crippen molar-refractivity contribution in [2.75, 3.05) is 11.4 Å². The molecule has 178 valence electrons. The van der Waals surface area contributed by atoms with Crippen molar-refractivity contribution in [3.63, 3.8) is 0 Å². The van der Waals surface area contributed by atoms with Crippen LogP contribution < -0.4 is 4.90 Å². The van der Waals surface area contributed by atoms with Gasteiger partial charge in [0.1, 0.15) is 6.04 Å². The Morgan fingerprint density at radius 3 is 2.29 bits per heavy atom. The third-order valence-electron chi connectivity index (χ3n) is 6.42. The van der Waals surface area contributed by atoms with Crippen LogP contribution in [0.4, 0.5) is 36.8 Å². The summed E-state index contributed by atoms with van der Waals surface area (Å²) < 4.78 is 79.5. The van der Waals surface area contributed by atoms with Crippen molar-refractivity contribution in [1.29, 1.82) is 0 Å². The van der Waals surface area contributed by atoms with Crippen molar-refractivity contribution in [3.8, 4) is 0 Å². The fourth-order valence-electron chi connectivity index (χ4n) is 5.02. The van der Waals surface area contributed by atoms with Crippen LogP contribution in [0.5, 0.6) is 0 Å². The number of piperazine rings is 1. The summed E-state index contributed by atoms with van der Waals surface area (Å²) in [6.07, 6.45) is -9.26. The van der Waals surface area contributed by atoms with Gasteiger partial charge in [-0.25, -0.2) is 9.69 Å². The topological polar surface area (TPSA) is 60.9 Å². The lowest BCUT2D eigenvalue weighted by Gasteiger charge is -2.35.